The Balaban J connectivity index is 4.65. The summed E-state index contributed by atoms with van der Waals surface area (Å²) < 4.78 is 37.2. The molecular weight excluding hydrogens is 255 g/mol. The molecule has 0 heterocycles. The molecule has 0 aliphatic carbocycles. The first-order chi connectivity index (χ1) is 7.85. The lowest BCUT2D eigenvalue weighted by Gasteiger charge is -2.31. The molecule has 2 nitrogen and oxygen atoms in total. The van der Waals surface area contributed by atoms with Gasteiger partial charge in [0.25, 0.3) is 0 Å². The van der Waals surface area contributed by atoms with Gasteiger partial charge in [0.05, 0.1) is 0 Å². The lowest BCUT2D eigenvalue weighted by atomic mass is 10.1. The Kier molecular flexibility index (Phi) is 7.59. The topological polar surface area (TPSA) is 20.3 Å². The fraction of sp³-hybridized carbons (Fsp3) is 0.909. The van der Waals surface area contributed by atoms with Crippen LogP contribution in [-0.4, -0.2) is 35.4 Å². The number of carbonyl (C=O) groups is 1. The van der Waals surface area contributed by atoms with Crippen molar-refractivity contribution in [2.75, 3.05) is 12.4 Å². The van der Waals surface area contributed by atoms with Crippen LogP contribution in [0.4, 0.5) is 13.2 Å². The largest absolute Gasteiger partial charge is 0.406 e. The number of hydrogen-bond acceptors (Lipinski definition) is 1. The molecular formula is C11H19ClF3NO. The zero-order chi connectivity index (χ0) is 13.5. The molecule has 0 aromatic heterocycles. The first kappa shape index (κ1) is 16.6. The normalized spacial score (nSPS) is 11.9. The van der Waals surface area contributed by atoms with Crippen LogP contribution < -0.4 is 0 Å². The van der Waals surface area contributed by atoms with Gasteiger partial charge < -0.3 is 4.90 Å². The fourth-order valence-electron chi connectivity index (χ4n) is 1.71. The summed E-state index contributed by atoms with van der Waals surface area (Å²) in [5, 5.41) is 0. The SMILES string of the molecule is CCC(CC)N(CC(F)(F)F)C(=O)CCCCl. The minimum absolute atomic E-state index is 0.0794. The molecule has 17 heavy (non-hydrogen) atoms. The van der Waals surface area contributed by atoms with Crippen LogP contribution in [-0.2, 0) is 4.79 Å². The summed E-state index contributed by atoms with van der Waals surface area (Å²) in [6.45, 7) is 2.40. The van der Waals surface area contributed by atoms with Gasteiger partial charge in [-0.1, -0.05) is 13.8 Å². The van der Waals surface area contributed by atoms with E-state index in [1.807, 2.05) is 0 Å². The molecule has 0 rings (SSSR count). The summed E-state index contributed by atoms with van der Waals surface area (Å²) in [4.78, 5) is 12.6. The second-order valence-electron chi connectivity index (χ2n) is 3.90. The average Bonchev–Trinajstić information content (AvgIpc) is 2.24. The van der Waals surface area contributed by atoms with Crippen molar-refractivity contribution in [1.29, 1.82) is 0 Å². The Labute approximate surface area is 105 Å². The van der Waals surface area contributed by atoms with E-state index < -0.39 is 18.6 Å². The highest BCUT2D eigenvalue weighted by Gasteiger charge is 2.35. The molecule has 0 aromatic carbocycles. The Hall–Kier alpha value is -0.450. The van der Waals surface area contributed by atoms with E-state index in [0.29, 0.717) is 19.3 Å². The number of halogens is 4. The van der Waals surface area contributed by atoms with Crippen LogP contribution in [0.5, 0.6) is 0 Å². The quantitative estimate of drug-likeness (QED) is 0.649. The van der Waals surface area contributed by atoms with Crippen molar-refractivity contribution in [2.24, 2.45) is 0 Å². The summed E-state index contributed by atoms with van der Waals surface area (Å²) in [7, 11) is 0. The lowest BCUT2D eigenvalue weighted by molar-refractivity contribution is -0.166. The molecule has 0 aliphatic heterocycles. The molecule has 0 spiro atoms. The number of amides is 1. The van der Waals surface area contributed by atoms with Crippen molar-refractivity contribution in [1.82, 2.24) is 4.90 Å². The van der Waals surface area contributed by atoms with Crippen LogP contribution in [0.25, 0.3) is 0 Å². The highest BCUT2D eigenvalue weighted by Crippen LogP contribution is 2.21. The van der Waals surface area contributed by atoms with Gasteiger partial charge in [-0.15, -0.1) is 11.6 Å². The second kappa shape index (κ2) is 7.80. The van der Waals surface area contributed by atoms with Gasteiger partial charge in [-0.3, -0.25) is 4.79 Å². The standard InChI is InChI=1S/C11H19ClF3NO/c1-3-9(4-2)16(8-11(13,14)15)10(17)6-5-7-12/h9H,3-8H2,1-2H3. The molecule has 0 aromatic rings. The van der Waals surface area contributed by atoms with Gasteiger partial charge in [-0.25, -0.2) is 0 Å². The number of hydrogen-bond donors (Lipinski definition) is 0. The van der Waals surface area contributed by atoms with Gasteiger partial charge in [0.15, 0.2) is 0 Å². The van der Waals surface area contributed by atoms with E-state index in [1.165, 1.54) is 0 Å². The van der Waals surface area contributed by atoms with E-state index >= 15 is 0 Å². The van der Waals surface area contributed by atoms with Crippen molar-refractivity contribution in [3.8, 4) is 0 Å². The molecule has 6 heteroatoms. The van der Waals surface area contributed by atoms with Gasteiger partial charge in [0, 0.05) is 18.3 Å². The highest BCUT2D eigenvalue weighted by molar-refractivity contribution is 6.17. The average molecular weight is 274 g/mol. The predicted octanol–water partition coefficient (Wildman–Crippen LogP) is 3.58. The number of carbonyl (C=O) groups excluding carboxylic acids is 1. The van der Waals surface area contributed by atoms with E-state index in [1.54, 1.807) is 13.8 Å². The van der Waals surface area contributed by atoms with Gasteiger partial charge in [-0.2, -0.15) is 13.2 Å². The van der Waals surface area contributed by atoms with E-state index in [4.69, 9.17) is 11.6 Å². The molecule has 0 unspecified atom stereocenters. The van der Waals surface area contributed by atoms with Gasteiger partial charge in [0.1, 0.15) is 6.54 Å². The van der Waals surface area contributed by atoms with Crippen LogP contribution in [0.2, 0.25) is 0 Å². The van der Waals surface area contributed by atoms with Gasteiger partial charge >= 0.3 is 6.18 Å². The fourth-order valence-corrected chi connectivity index (χ4v) is 1.84. The smallest absolute Gasteiger partial charge is 0.331 e. The second-order valence-corrected chi connectivity index (χ2v) is 4.28. The zero-order valence-electron chi connectivity index (χ0n) is 10.2. The molecule has 0 aliphatic rings. The first-order valence-corrected chi connectivity index (χ1v) is 6.31. The molecule has 1 amide bonds. The van der Waals surface area contributed by atoms with Gasteiger partial charge in [0.2, 0.25) is 5.91 Å². The third-order valence-electron chi connectivity index (χ3n) is 2.58. The van der Waals surface area contributed by atoms with Crippen molar-refractivity contribution in [3.05, 3.63) is 0 Å². The van der Waals surface area contributed by atoms with Crippen LogP contribution in [0.15, 0.2) is 0 Å². The Morgan fingerprint density at radius 3 is 2.18 bits per heavy atom. The highest BCUT2D eigenvalue weighted by atomic mass is 35.5. The van der Waals surface area contributed by atoms with Crippen LogP contribution >= 0.6 is 11.6 Å². The van der Waals surface area contributed by atoms with Crippen LogP contribution in [0.1, 0.15) is 39.5 Å². The summed E-state index contributed by atoms with van der Waals surface area (Å²) in [5.74, 6) is -0.175. The summed E-state index contributed by atoms with van der Waals surface area (Å²) in [5.41, 5.74) is 0. The van der Waals surface area contributed by atoms with Crippen molar-refractivity contribution in [3.63, 3.8) is 0 Å². The van der Waals surface area contributed by atoms with Crippen molar-refractivity contribution in [2.45, 2.75) is 51.7 Å². The molecule has 0 saturated heterocycles. The lowest BCUT2D eigenvalue weighted by Crippen LogP contribution is -2.45. The first-order valence-electron chi connectivity index (χ1n) is 5.77. The van der Waals surface area contributed by atoms with Crippen molar-refractivity contribution >= 4 is 17.5 Å². The number of alkyl halides is 4. The summed E-state index contributed by atoms with van der Waals surface area (Å²) in [6.07, 6.45) is -2.80. The minimum atomic E-state index is -4.35. The van der Waals surface area contributed by atoms with Crippen LogP contribution in [0.3, 0.4) is 0 Å². The third kappa shape index (κ3) is 6.76. The monoisotopic (exact) mass is 273 g/mol. The number of rotatable bonds is 7. The molecule has 102 valence electrons. The molecule has 0 radical (unpaired) electrons. The third-order valence-corrected chi connectivity index (χ3v) is 2.84. The Morgan fingerprint density at radius 1 is 1.29 bits per heavy atom. The van der Waals surface area contributed by atoms with Gasteiger partial charge in [-0.05, 0) is 19.3 Å². The Morgan fingerprint density at radius 2 is 1.82 bits per heavy atom. The van der Waals surface area contributed by atoms with Crippen molar-refractivity contribution < 1.29 is 18.0 Å². The van der Waals surface area contributed by atoms with Crippen LogP contribution in [0, 0.1) is 0 Å². The molecule has 0 bridgehead atoms. The molecule has 0 fully saturated rings. The maximum atomic E-state index is 12.4. The minimum Gasteiger partial charge on any atom is -0.331 e. The maximum Gasteiger partial charge on any atom is 0.406 e. The van der Waals surface area contributed by atoms with E-state index in [-0.39, 0.29) is 18.3 Å². The maximum absolute atomic E-state index is 12.4. The summed E-state index contributed by atoms with van der Waals surface area (Å²) in [6, 6.07) is -0.348. The van der Waals surface area contributed by atoms with E-state index in [9.17, 15) is 18.0 Å². The molecule has 0 N–H and O–H groups in total. The summed E-state index contributed by atoms with van der Waals surface area (Å²) >= 11 is 5.44. The Bertz CT molecular complexity index is 229. The van der Waals surface area contributed by atoms with E-state index in [0.717, 1.165) is 4.90 Å². The number of nitrogens with zero attached hydrogens (tertiary/aromatic N) is 1. The molecule has 0 saturated carbocycles. The zero-order valence-corrected chi connectivity index (χ0v) is 10.9. The van der Waals surface area contributed by atoms with E-state index in [2.05, 4.69) is 0 Å². The molecule has 0 atom stereocenters. The predicted molar refractivity (Wildman–Crippen MR) is 62.1 cm³/mol.